The molecule has 1 unspecified atom stereocenters. The molecule has 17 heavy (non-hydrogen) atoms. The van der Waals surface area contributed by atoms with Crippen molar-refractivity contribution in [3.63, 3.8) is 0 Å². The van der Waals surface area contributed by atoms with E-state index in [4.69, 9.17) is 0 Å². The van der Waals surface area contributed by atoms with E-state index in [1.807, 2.05) is 25.1 Å². The van der Waals surface area contributed by atoms with Crippen molar-refractivity contribution < 1.29 is 9.59 Å². The van der Waals surface area contributed by atoms with Gasteiger partial charge in [-0.05, 0) is 18.6 Å². The van der Waals surface area contributed by atoms with Gasteiger partial charge in [-0.25, -0.2) is 0 Å². The van der Waals surface area contributed by atoms with Crippen LogP contribution in [0.3, 0.4) is 0 Å². The number of aldehydes is 1. The minimum Gasteiger partial charge on any atom is -0.302 e. The number of nitrogens with zero attached hydrogens (tertiary/aromatic N) is 2. The predicted octanol–water partition coefficient (Wildman–Crippen LogP) is 2.00. The number of hydrogen-bond donors (Lipinski definition) is 0. The molecule has 0 aromatic heterocycles. The van der Waals surface area contributed by atoms with Gasteiger partial charge in [0.2, 0.25) is 0 Å². The van der Waals surface area contributed by atoms with Crippen LogP contribution in [0.4, 0.5) is 5.69 Å². The smallest absolute Gasteiger partial charge is 0.263 e. The van der Waals surface area contributed by atoms with Gasteiger partial charge in [-0.15, -0.1) is 0 Å². The molecular formula is C13H14N2O2. The van der Waals surface area contributed by atoms with Crippen molar-refractivity contribution in [1.29, 1.82) is 0 Å². The lowest BCUT2D eigenvalue weighted by Crippen LogP contribution is -2.28. The van der Waals surface area contributed by atoms with Gasteiger partial charge in [-0.3, -0.25) is 4.79 Å². The van der Waals surface area contributed by atoms with Crippen molar-refractivity contribution in [2.75, 3.05) is 5.01 Å². The summed E-state index contributed by atoms with van der Waals surface area (Å²) in [5, 5.41) is 5.57. The molecule has 1 aliphatic heterocycles. The summed E-state index contributed by atoms with van der Waals surface area (Å²) in [6.07, 6.45) is 2.23. The van der Waals surface area contributed by atoms with Gasteiger partial charge >= 0.3 is 0 Å². The zero-order valence-corrected chi connectivity index (χ0v) is 9.67. The molecule has 1 atom stereocenters. The maximum Gasteiger partial charge on any atom is 0.263 e. The van der Waals surface area contributed by atoms with Crippen molar-refractivity contribution in [3.8, 4) is 0 Å². The third kappa shape index (κ3) is 2.11. The second-order valence-electron chi connectivity index (χ2n) is 3.94. The van der Waals surface area contributed by atoms with E-state index < -0.39 is 5.92 Å². The number of hydrazone groups is 1. The quantitative estimate of drug-likeness (QED) is 0.586. The normalized spacial score (nSPS) is 19.4. The number of rotatable bonds is 4. The molecule has 1 aromatic carbocycles. The highest BCUT2D eigenvalue weighted by Crippen LogP contribution is 2.24. The summed E-state index contributed by atoms with van der Waals surface area (Å²) >= 11 is 0. The van der Waals surface area contributed by atoms with E-state index >= 15 is 0 Å². The van der Waals surface area contributed by atoms with E-state index in [0.29, 0.717) is 24.1 Å². The predicted molar refractivity (Wildman–Crippen MR) is 65.8 cm³/mol. The summed E-state index contributed by atoms with van der Waals surface area (Å²) in [7, 11) is 0. The van der Waals surface area contributed by atoms with Gasteiger partial charge < -0.3 is 4.79 Å². The summed E-state index contributed by atoms with van der Waals surface area (Å²) in [6.45, 7) is 2.00. The number of anilines is 1. The number of benzene rings is 1. The maximum absolute atomic E-state index is 12.0. The van der Waals surface area contributed by atoms with Crippen LogP contribution in [-0.2, 0) is 9.59 Å². The Labute approximate surface area is 99.9 Å². The van der Waals surface area contributed by atoms with E-state index in [9.17, 15) is 9.59 Å². The highest BCUT2D eigenvalue weighted by Gasteiger charge is 2.35. The Morgan fingerprint density at radius 1 is 1.35 bits per heavy atom. The standard InChI is InChI=1S/C13H14N2O2/c1-2-6-12-11(9-16)13(17)15(14-12)10-7-4-3-5-8-10/h3-5,7-9,11H,2,6H2,1H3. The van der Waals surface area contributed by atoms with Gasteiger partial charge in [-0.1, -0.05) is 31.5 Å². The number of carbonyl (C=O) groups excluding carboxylic acids is 2. The van der Waals surface area contributed by atoms with Crippen LogP contribution in [0.1, 0.15) is 19.8 Å². The number of para-hydroxylation sites is 1. The lowest BCUT2D eigenvalue weighted by molar-refractivity contribution is -0.123. The van der Waals surface area contributed by atoms with Crippen LogP contribution in [0.2, 0.25) is 0 Å². The lowest BCUT2D eigenvalue weighted by Gasteiger charge is -2.11. The first-order valence-corrected chi connectivity index (χ1v) is 5.69. The summed E-state index contributed by atoms with van der Waals surface area (Å²) in [4.78, 5) is 23.0. The zero-order chi connectivity index (χ0) is 12.3. The Balaban J connectivity index is 2.31. The number of amides is 1. The highest BCUT2D eigenvalue weighted by molar-refractivity contribution is 6.23. The van der Waals surface area contributed by atoms with E-state index in [0.717, 1.165) is 6.42 Å². The van der Waals surface area contributed by atoms with Crippen molar-refractivity contribution in [3.05, 3.63) is 30.3 Å². The molecule has 88 valence electrons. The summed E-state index contributed by atoms with van der Waals surface area (Å²) < 4.78 is 0. The van der Waals surface area contributed by atoms with E-state index in [2.05, 4.69) is 5.10 Å². The van der Waals surface area contributed by atoms with Crippen LogP contribution in [0, 0.1) is 5.92 Å². The molecule has 0 N–H and O–H groups in total. The Kier molecular flexibility index (Phi) is 3.32. The molecule has 1 aromatic rings. The summed E-state index contributed by atoms with van der Waals surface area (Å²) in [5.74, 6) is -0.954. The van der Waals surface area contributed by atoms with Gasteiger partial charge in [0.15, 0.2) is 0 Å². The lowest BCUT2D eigenvalue weighted by atomic mass is 10.0. The molecular weight excluding hydrogens is 216 g/mol. The maximum atomic E-state index is 12.0. The minimum absolute atomic E-state index is 0.255. The first-order chi connectivity index (χ1) is 8.27. The first-order valence-electron chi connectivity index (χ1n) is 5.69. The van der Waals surface area contributed by atoms with Crippen LogP contribution < -0.4 is 5.01 Å². The van der Waals surface area contributed by atoms with Gasteiger partial charge in [0.05, 0.1) is 11.4 Å². The second-order valence-corrected chi connectivity index (χ2v) is 3.94. The topological polar surface area (TPSA) is 49.7 Å². The molecule has 0 radical (unpaired) electrons. The van der Waals surface area contributed by atoms with Crippen molar-refractivity contribution >= 4 is 23.6 Å². The van der Waals surface area contributed by atoms with Gasteiger partial charge in [0.1, 0.15) is 12.2 Å². The molecule has 4 heteroatoms. The molecule has 4 nitrogen and oxygen atoms in total. The monoisotopic (exact) mass is 230 g/mol. The number of carbonyl (C=O) groups is 2. The average Bonchev–Trinajstić information content (AvgIpc) is 2.67. The van der Waals surface area contributed by atoms with Crippen molar-refractivity contribution in [2.45, 2.75) is 19.8 Å². The fraction of sp³-hybridized carbons (Fsp3) is 0.308. The molecule has 1 amide bonds. The highest BCUT2D eigenvalue weighted by atomic mass is 16.2. The van der Waals surface area contributed by atoms with Crippen LogP contribution >= 0.6 is 0 Å². The molecule has 0 aliphatic carbocycles. The Morgan fingerprint density at radius 3 is 2.65 bits per heavy atom. The van der Waals surface area contributed by atoms with Crippen molar-refractivity contribution in [1.82, 2.24) is 0 Å². The van der Waals surface area contributed by atoms with Gasteiger partial charge in [-0.2, -0.15) is 10.1 Å². The van der Waals surface area contributed by atoms with Crippen LogP contribution in [0.5, 0.6) is 0 Å². The van der Waals surface area contributed by atoms with E-state index in [-0.39, 0.29) is 5.91 Å². The largest absolute Gasteiger partial charge is 0.302 e. The molecule has 0 spiro atoms. The van der Waals surface area contributed by atoms with Crippen LogP contribution in [-0.4, -0.2) is 17.9 Å². The fourth-order valence-electron chi connectivity index (χ4n) is 1.87. The Bertz CT molecular complexity index is 454. The van der Waals surface area contributed by atoms with Crippen molar-refractivity contribution in [2.24, 2.45) is 11.0 Å². The Morgan fingerprint density at radius 2 is 2.06 bits per heavy atom. The van der Waals surface area contributed by atoms with Gasteiger partial charge in [0, 0.05) is 0 Å². The fourth-order valence-corrected chi connectivity index (χ4v) is 1.87. The Hall–Kier alpha value is -1.97. The SMILES string of the molecule is CCCC1=NN(c2ccccc2)C(=O)C1C=O. The molecule has 2 rings (SSSR count). The third-order valence-corrected chi connectivity index (χ3v) is 2.71. The molecule has 0 saturated heterocycles. The van der Waals surface area contributed by atoms with Gasteiger partial charge in [0.25, 0.3) is 5.91 Å². The molecule has 0 fully saturated rings. The number of hydrogen-bond acceptors (Lipinski definition) is 3. The molecule has 0 saturated carbocycles. The molecule has 0 bridgehead atoms. The third-order valence-electron chi connectivity index (χ3n) is 2.71. The minimum atomic E-state index is -0.699. The first kappa shape index (κ1) is 11.5. The zero-order valence-electron chi connectivity index (χ0n) is 9.67. The summed E-state index contributed by atoms with van der Waals surface area (Å²) in [6, 6.07) is 9.16. The average molecular weight is 230 g/mol. The molecule has 1 aliphatic rings. The van der Waals surface area contributed by atoms with Crippen LogP contribution in [0.15, 0.2) is 35.4 Å². The second kappa shape index (κ2) is 4.91. The van der Waals surface area contributed by atoms with E-state index in [1.165, 1.54) is 5.01 Å². The van der Waals surface area contributed by atoms with Crippen LogP contribution in [0.25, 0.3) is 0 Å². The molecule has 1 heterocycles. The summed E-state index contributed by atoms with van der Waals surface area (Å²) in [5.41, 5.74) is 1.37. The van der Waals surface area contributed by atoms with E-state index in [1.54, 1.807) is 12.1 Å².